The number of pyridine rings is 2. The summed E-state index contributed by atoms with van der Waals surface area (Å²) in [6.45, 7) is 0.650. The number of amides is 1. The van der Waals surface area contributed by atoms with E-state index in [1.54, 1.807) is 17.2 Å². The molecule has 1 aromatic carbocycles. The number of rotatable bonds is 4. The third-order valence-electron chi connectivity index (χ3n) is 4.37. The predicted molar refractivity (Wildman–Crippen MR) is 101 cm³/mol. The number of nitrogens with zero attached hydrogens (tertiary/aromatic N) is 3. The van der Waals surface area contributed by atoms with Gasteiger partial charge in [0.1, 0.15) is 5.69 Å². The highest BCUT2D eigenvalue weighted by Crippen LogP contribution is 2.33. The summed E-state index contributed by atoms with van der Waals surface area (Å²) in [5.74, 6) is -0.469. The molecule has 2 aromatic heterocycles. The van der Waals surface area contributed by atoms with Crippen molar-refractivity contribution in [2.24, 2.45) is 0 Å². The Kier molecular flexibility index (Phi) is 4.25. The number of carboxylic acid groups (broad SMARTS) is 1. The minimum absolute atomic E-state index is 0.0211. The fraction of sp³-hybridized carbons (Fsp3) is 0.100. The number of benzene rings is 1. The van der Waals surface area contributed by atoms with Crippen LogP contribution in [0.15, 0.2) is 60.9 Å². The van der Waals surface area contributed by atoms with Crippen molar-refractivity contribution in [3.63, 3.8) is 0 Å². The summed E-state index contributed by atoms with van der Waals surface area (Å²) in [7, 11) is 0. The lowest BCUT2D eigenvalue weighted by Gasteiger charge is -2.30. The van der Waals surface area contributed by atoms with Crippen LogP contribution in [0.3, 0.4) is 0 Å². The molecule has 1 amide bonds. The second-order valence-electron chi connectivity index (χ2n) is 6.15. The van der Waals surface area contributed by atoms with Crippen LogP contribution in [0.25, 0.3) is 11.1 Å². The van der Waals surface area contributed by atoms with Crippen molar-refractivity contribution < 1.29 is 14.7 Å². The van der Waals surface area contributed by atoms with Crippen LogP contribution in [0.1, 0.15) is 16.1 Å². The van der Waals surface area contributed by atoms with Gasteiger partial charge in [-0.05, 0) is 17.7 Å². The minimum Gasteiger partial charge on any atom is -0.477 e. The largest absolute Gasteiger partial charge is 0.477 e. The number of nitrogens with one attached hydrogen (secondary N) is 1. The number of carbonyl (C=O) groups excluding carboxylic acids is 1. The number of hydrogen-bond donors (Lipinski definition) is 2. The Bertz CT molecular complexity index is 1000. The second-order valence-corrected chi connectivity index (χ2v) is 6.15. The van der Waals surface area contributed by atoms with Crippen molar-refractivity contribution >= 4 is 23.4 Å². The first kappa shape index (κ1) is 16.7. The monoisotopic (exact) mass is 360 g/mol. The molecule has 134 valence electrons. The average Bonchev–Trinajstić information content (AvgIpc) is 2.71. The molecule has 3 aromatic rings. The van der Waals surface area contributed by atoms with Crippen LogP contribution in [0.4, 0.5) is 11.5 Å². The van der Waals surface area contributed by atoms with E-state index in [4.69, 9.17) is 5.11 Å². The van der Waals surface area contributed by atoms with Crippen LogP contribution in [0.2, 0.25) is 0 Å². The van der Waals surface area contributed by atoms with Gasteiger partial charge in [-0.25, -0.2) is 14.8 Å². The average molecular weight is 360 g/mol. The number of carbonyl (C=O) groups is 2. The van der Waals surface area contributed by atoms with Crippen LogP contribution in [0, 0.1) is 0 Å². The van der Waals surface area contributed by atoms with Crippen LogP contribution in [-0.2, 0) is 11.3 Å². The highest BCUT2D eigenvalue weighted by molar-refractivity contribution is 6.02. The zero-order valence-electron chi connectivity index (χ0n) is 14.3. The first-order valence-corrected chi connectivity index (χ1v) is 8.40. The molecule has 1 aliphatic heterocycles. The van der Waals surface area contributed by atoms with Gasteiger partial charge in [0, 0.05) is 23.5 Å². The molecule has 0 spiro atoms. The topological polar surface area (TPSA) is 95.4 Å². The number of aromatic nitrogens is 2. The van der Waals surface area contributed by atoms with Crippen molar-refractivity contribution in [3.8, 4) is 11.1 Å². The SMILES string of the molecule is O=C(O)c1ccc(-c2cnc3c(c2)N(Cc2ccccc2)C(=O)CN3)cn1. The number of hydrogen-bond acceptors (Lipinski definition) is 5. The third kappa shape index (κ3) is 3.35. The molecular weight excluding hydrogens is 344 g/mol. The molecule has 0 aliphatic carbocycles. The molecule has 7 nitrogen and oxygen atoms in total. The highest BCUT2D eigenvalue weighted by Gasteiger charge is 2.25. The van der Waals surface area contributed by atoms with Gasteiger partial charge < -0.3 is 15.3 Å². The van der Waals surface area contributed by atoms with E-state index in [0.717, 1.165) is 16.7 Å². The molecule has 3 heterocycles. The number of anilines is 2. The van der Waals surface area contributed by atoms with Crippen molar-refractivity contribution in [1.29, 1.82) is 0 Å². The highest BCUT2D eigenvalue weighted by atomic mass is 16.4. The Morgan fingerprint density at radius 2 is 1.85 bits per heavy atom. The summed E-state index contributed by atoms with van der Waals surface area (Å²) in [6, 6.07) is 14.8. The Morgan fingerprint density at radius 1 is 1.07 bits per heavy atom. The summed E-state index contributed by atoms with van der Waals surface area (Å²) < 4.78 is 0. The molecule has 0 saturated heterocycles. The molecule has 0 bridgehead atoms. The second kappa shape index (κ2) is 6.87. The van der Waals surface area contributed by atoms with Gasteiger partial charge in [0.25, 0.3) is 0 Å². The van der Waals surface area contributed by atoms with Gasteiger partial charge >= 0.3 is 5.97 Å². The number of fused-ring (bicyclic) bond motifs is 1. The maximum Gasteiger partial charge on any atom is 0.354 e. The van der Waals surface area contributed by atoms with E-state index in [9.17, 15) is 9.59 Å². The van der Waals surface area contributed by atoms with E-state index in [1.807, 2.05) is 36.4 Å². The summed E-state index contributed by atoms with van der Waals surface area (Å²) >= 11 is 0. The first-order chi connectivity index (χ1) is 13.1. The molecule has 0 saturated carbocycles. The van der Waals surface area contributed by atoms with E-state index in [0.29, 0.717) is 18.1 Å². The van der Waals surface area contributed by atoms with Gasteiger partial charge in [0.05, 0.1) is 18.8 Å². The van der Waals surface area contributed by atoms with Crippen LogP contribution < -0.4 is 10.2 Å². The molecule has 1 aliphatic rings. The zero-order chi connectivity index (χ0) is 18.8. The third-order valence-corrected chi connectivity index (χ3v) is 4.37. The maximum absolute atomic E-state index is 12.5. The van der Waals surface area contributed by atoms with Crippen LogP contribution in [0.5, 0.6) is 0 Å². The van der Waals surface area contributed by atoms with Crippen molar-refractivity contribution in [3.05, 3.63) is 72.2 Å². The fourth-order valence-corrected chi connectivity index (χ4v) is 2.97. The van der Waals surface area contributed by atoms with E-state index in [-0.39, 0.29) is 18.1 Å². The van der Waals surface area contributed by atoms with Gasteiger partial charge in [0.2, 0.25) is 5.91 Å². The number of carboxylic acids is 1. The van der Waals surface area contributed by atoms with Gasteiger partial charge in [-0.1, -0.05) is 36.4 Å². The van der Waals surface area contributed by atoms with Crippen molar-refractivity contribution in [2.45, 2.75) is 6.54 Å². The Balaban J connectivity index is 1.70. The smallest absolute Gasteiger partial charge is 0.354 e. The first-order valence-electron chi connectivity index (χ1n) is 8.40. The van der Waals surface area contributed by atoms with Gasteiger partial charge in [-0.3, -0.25) is 4.79 Å². The summed E-state index contributed by atoms with van der Waals surface area (Å²) in [6.07, 6.45) is 3.17. The Labute approximate surface area is 155 Å². The molecule has 2 N–H and O–H groups in total. The molecular formula is C20H16N4O3. The predicted octanol–water partition coefficient (Wildman–Crippen LogP) is 2.80. The molecule has 4 rings (SSSR count). The molecule has 0 radical (unpaired) electrons. The van der Waals surface area contributed by atoms with E-state index >= 15 is 0 Å². The molecule has 0 unspecified atom stereocenters. The zero-order valence-corrected chi connectivity index (χ0v) is 14.3. The maximum atomic E-state index is 12.5. The van der Waals surface area contributed by atoms with Gasteiger partial charge in [0.15, 0.2) is 5.82 Å². The summed E-state index contributed by atoms with van der Waals surface area (Å²) in [5, 5.41) is 12.0. The molecule has 0 atom stereocenters. The van der Waals surface area contributed by atoms with Gasteiger partial charge in [-0.2, -0.15) is 0 Å². The molecule has 27 heavy (non-hydrogen) atoms. The van der Waals surface area contributed by atoms with Crippen molar-refractivity contribution in [1.82, 2.24) is 9.97 Å². The fourth-order valence-electron chi connectivity index (χ4n) is 2.97. The van der Waals surface area contributed by atoms with Gasteiger partial charge in [-0.15, -0.1) is 0 Å². The van der Waals surface area contributed by atoms with E-state index in [1.165, 1.54) is 12.3 Å². The minimum atomic E-state index is -1.08. The Morgan fingerprint density at radius 3 is 2.56 bits per heavy atom. The molecule has 0 fully saturated rings. The lowest BCUT2D eigenvalue weighted by molar-refractivity contribution is -0.117. The quantitative estimate of drug-likeness (QED) is 0.743. The van der Waals surface area contributed by atoms with Crippen LogP contribution in [-0.4, -0.2) is 33.5 Å². The number of aromatic carboxylic acids is 1. The van der Waals surface area contributed by atoms with Crippen molar-refractivity contribution in [2.75, 3.05) is 16.8 Å². The van der Waals surface area contributed by atoms with E-state index in [2.05, 4.69) is 15.3 Å². The Hall–Kier alpha value is -3.74. The lowest BCUT2D eigenvalue weighted by Crippen LogP contribution is -2.39. The summed E-state index contributed by atoms with van der Waals surface area (Å²) in [4.78, 5) is 33.5. The molecule has 7 heteroatoms. The normalized spacial score (nSPS) is 13.0. The van der Waals surface area contributed by atoms with Crippen LogP contribution >= 0.6 is 0 Å². The standard InChI is InChI=1S/C20H16N4O3/c25-18-11-23-19-17(24(18)12-13-4-2-1-3-5-13)8-15(10-22-19)14-6-7-16(20(26)27)21-9-14/h1-10H,11-12H2,(H,22,23)(H,26,27). The summed E-state index contributed by atoms with van der Waals surface area (Å²) in [5.41, 5.74) is 3.18. The van der Waals surface area contributed by atoms with E-state index < -0.39 is 5.97 Å². The lowest BCUT2D eigenvalue weighted by atomic mass is 10.1.